The smallest absolute Gasteiger partial charge is 0.410 e. The Bertz CT molecular complexity index is 2020. The number of nitrogens with zero attached hydrogens (tertiary/aromatic N) is 7. The number of amides is 2. The van der Waals surface area contributed by atoms with Crippen LogP contribution in [0.4, 0.5) is 26.7 Å². The number of halogens is 5. The zero-order valence-corrected chi connectivity index (χ0v) is 32.4. The van der Waals surface area contributed by atoms with Gasteiger partial charge in [-0.25, -0.2) is 23.2 Å². The normalized spacial score (nSPS) is 16.7. The topological polar surface area (TPSA) is 125 Å². The number of aryl methyl sites for hydroxylation is 1. The van der Waals surface area contributed by atoms with Gasteiger partial charge >= 0.3 is 12.3 Å². The SMILES string of the molecule is Cc1cc(-c2cc(F)c(CN3CCC(N4CCN(C(=O)OC(C)(C)C)CC4)CC3)c(F)c2)ccc1-n1cc(C(=O)NCc2nc(C(C)(C)C(F)(F)F)n[nH]2)cn1. The van der Waals surface area contributed by atoms with E-state index < -0.39 is 40.6 Å². The van der Waals surface area contributed by atoms with Crippen LogP contribution < -0.4 is 5.32 Å². The van der Waals surface area contributed by atoms with Gasteiger partial charge in [-0.05, 0) is 108 Å². The van der Waals surface area contributed by atoms with Crippen LogP contribution in [-0.2, 0) is 23.2 Å². The Balaban J connectivity index is 1.02. The van der Waals surface area contributed by atoms with Gasteiger partial charge in [0.2, 0.25) is 0 Å². The summed E-state index contributed by atoms with van der Waals surface area (Å²) >= 11 is 0. The summed E-state index contributed by atoms with van der Waals surface area (Å²) < 4.78 is 78.0. The van der Waals surface area contributed by atoms with Gasteiger partial charge in [-0.1, -0.05) is 6.07 Å². The third kappa shape index (κ3) is 9.20. The molecule has 56 heavy (non-hydrogen) atoms. The van der Waals surface area contributed by atoms with E-state index in [2.05, 4.69) is 35.4 Å². The quantitative estimate of drug-likeness (QED) is 0.184. The van der Waals surface area contributed by atoms with Crippen LogP contribution in [0.2, 0.25) is 0 Å². The van der Waals surface area contributed by atoms with Gasteiger partial charge in [0.05, 0.1) is 24.0 Å². The number of piperazine rings is 1. The molecule has 0 radical (unpaired) electrons. The van der Waals surface area contributed by atoms with Gasteiger partial charge in [-0.15, -0.1) is 0 Å². The highest BCUT2D eigenvalue weighted by Gasteiger charge is 2.51. The second kappa shape index (κ2) is 15.9. The Morgan fingerprint density at radius 2 is 1.59 bits per heavy atom. The number of hydrogen-bond acceptors (Lipinski definition) is 8. The summed E-state index contributed by atoms with van der Waals surface area (Å²) in [5.41, 5.74) is -0.213. The maximum atomic E-state index is 15.5. The molecule has 2 amide bonds. The minimum absolute atomic E-state index is 0.0303. The molecular weight excluding hydrogens is 737 g/mol. The predicted molar refractivity (Wildman–Crippen MR) is 198 cm³/mol. The van der Waals surface area contributed by atoms with Gasteiger partial charge in [-0.2, -0.15) is 23.4 Å². The first-order valence-corrected chi connectivity index (χ1v) is 18.6. The van der Waals surface area contributed by atoms with E-state index in [4.69, 9.17) is 4.74 Å². The summed E-state index contributed by atoms with van der Waals surface area (Å²) in [4.78, 5) is 35.4. The van der Waals surface area contributed by atoms with Crippen molar-refractivity contribution in [1.29, 1.82) is 0 Å². The fraction of sp³-hybridized carbons (Fsp3) is 0.513. The van der Waals surface area contributed by atoms with Crippen LogP contribution in [0, 0.1) is 18.6 Å². The number of hydrogen-bond donors (Lipinski definition) is 2. The lowest BCUT2D eigenvalue weighted by molar-refractivity contribution is -0.182. The van der Waals surface area contributed by atoms with Gasteiger partial charge in [0.25, 0.3) is 5.91 Å². The molecule has 17 heteroatoms. The molecule has 0 bridgehead atoms. The number of carbonyl (C=O) groups is 2. The molecule has 12 nitrogen and oxygen atoms in total. The average Bonchev–Trinajstić information content (AvgIpc) is 3.82. The number of benzene rings is 2. The van der Waals surface area contributed by atoms with Crippen LogP contribution >= 0.6 is 0 Å². The van der Waals surface area contributed by atoms with Gasteiger partial charge in [0.15, 0.2) is 5.82 Å². The summed E-state index contributed by atoms with van der Waals surface area (Å²) in [5, 5.41) is 13.0. The molecule has 6 rings (SSSR count). The fourth-order valence-corrected chi connectivity index (χ4v) is 6.89. The molecule has 302 valence electrons. The number of H-pyrrole nitrogens is 1. The van der Waals surface area contributed by atoms with Gasteiger partial charge < -0.3 is 15.0 Å². The summed E-state index contributed by atoms with van der Waals surface area (Å²) in [5.74, 6) is -2.12. The molecule has 4 aromatic rings. The minimum Gasteiger partial charge on any atom is -0.444 e. The Morgan fingerprint density at radius 3 is 2.20 bits per heavy atom. The number of rotatable bonds is 9. The summed E-state index contributed by atoms with van der Waals surface area (Å²) in [7, 11) is 0. The lowest BCUT2D eigenvalue weighted by atomic mass is 9.92. The molecule has 2 saturated heterocycles. The predicted octanol–water partition coefficient (Wildman–Crippen LogP) is 6.53. The number of aromatic nitrogens is 5. The largest absolute Gasteiger partial charge is 0.444 e. The Hall–Kier alpha value is -4.90. The number of likely N-dealkylation sites (tertiary alicyclic amines) is 1. The summed E-state index contributed by atoms with van der Waals surface area (Å²) in [6, 6.07) is 8.30. The van der Waals surface area contributed by atoms with Crippen molar-refractivity contribution in [1.82, 2.24) is 45.0 Å². The van der Waals surface area contributed by atoms with E-state index in [1.165, 1.54) is 29.2 Å². The highest BCUT2D eigenvalue weighted by atomic mass is 19.4. The lowest BCUT2D eigenvalue weighted by Crippen LogP contribution is -2.54. The Kier molecular flexibility index (Phi) is 11.6. The molecule has 0 spiro atoms. The van der Waals surface area contributed by atoms with Crippen molar-refractivity contribution in [3.8, 4) is 16.8 Å². The highest BCUT2D eigenvalue weighted by molar-refractivity contribution is 5.93. The van der Waals surface area contributed by atoms with Gasteiger partial charge in [-0.3, -0.25) is 19.7 Å². The Morgan fingerprint density at radius 1 is 0.929 bits per heavy atom. The van der Waals surface area contributed by atoms with Crippen LogP contribution in [-0.4, -0.2) is 109 Å². The van der Waals surface area contributed by atoms with Crippen molar-refractivity contribution in [3.05, 3.63) is 82.7 Å². The molecule has 2 N–H and O–H groups in total. The van der Waals surface area contributed by atoms with Gasteiger partial charge in [0, 0.05) is 50.5 Å². The van der Waals surface area contributed by atoms with Crippen LogP contribution in [0.25, 0.3) is 16.8 Å². The maximum absolute atomic E-state index is 15.5. The maximum Gasteiger partial charge on any atom is 0.410 e. The number of alkyl halides is 3. The molecule has 0 saturated carbocycles. The summed E-state index contributed by atoms with van der Waals surface area (Å²) in [6.07, 6.45) is -0.245. The van der Waals surface area contributed by atoms with Crippen molar-refractivity contribution in [2.45, 2.75) is 90.7 Å². The highest BCUT2D eigenvalue weighted by Crippen LogP contribution is 2.38. The zero-order chi connectivity index (χ0) is 40.6. The van der Waals surface area contributed by atoms with E-state index >= 15 is 8.78 Å². The molecule has 0 atom stereocenters. The van der Waals surface area contributed by atoms with Crippen molar-refractivity contribution < 1.29 is 36.3 Å². The van der Waals surface area contributed by atoms with Crippen LogP contribution in [0.15, 0.2) is 42.7 Å². The van der Waals surface area contributed by atoms with E-state index in [0.29, 0.717) is 49.0 Å². The van der Waals surface area contributed by atoms with Crippen molar-refractivity contribution >= 4 is 12.0 Å². The van der Waals surface area contributed by atoms with Crippen LogP contribution in [0.1, 0.15) is 80.6 Å². The van der Waals surface area contributed by atoms with Crippen LogP contribution in [0.5, 0.6) is 0 Å². The molecule has 2 fully saturated rings. The minimum atomic E-state index is -4.55. The Labute approximate surface area is 322 Å². The first-order valence-electron chi connectivity index (χ1n) is 18.6. The van der Waals surface area contributed by atoms with E-state index in [-0.39, 0.29) is 36.1 Å². The lowest BCUT2D eigenvalue weighted by Gasteiger charge is -2.42. The van der Waals surface area contributed by atoms with Crippen molar-refractivity contribution in [3.63, 3.8) is 0 Å². The standard InChI is InChI=1S/C39H48F5N9O3/c1-24-17-25(7-8-32(24)53-22-27(20-46-53)34(54)45-21-33-47-35(49-48-33)38(5,6)39(42,43)44)26-18-30(40)29(31(41)19-26)23-50-11-9-28(10-12-50)51-13-15-52(16-14-51)36(55)56-37(2,3)4/h7-8,17-20,22,28H,9-16,21,23H2,1-6H3,(H,45,54)(H,47,48,49). The monoisotopic (exact) mass is 785 g/mol. The molecule has 0 aliphatic carbocycles. The third-order valence-electron chi connectivity index (χ3n) is 10.4. The molecule has 2 aromatic heterocycles. The van der Waals surface area contributed by atoms with Crippen molar-refractivity contribution in [2.24, 2.45) is 0 Å². The number of piperidine rings is 1. The number of carbonyl (C=O) groups excluding carboxylic acids is 2. The molecular formula is C39H48F5N9O3. The first-order chi connectivity index (χ1) is 26.3. The van der Waals surface area contributed by atoms with Crippen molar-refractivity contribution in [2.75, 3.05) is 39.3 Å². The first kappa shape index (κ1) is 40.8. The second-order valence-corrected chi connectivity index (χ2v) is 16.0. The number of ether oxygens (including phenoxy) is 1. The van der Waals surface area contributed by atoms with E-state index in [9.17, 15) is 22.8 Å². The molecule has 2 aromatic carbocycles. The third-order valence-corrected chi connectivity index (χ3v) is 10.4. The second-order valence-electron chi connectivity index (χ2n) is 16.0. The number of aromatic amines is 1. The zero-order valence-electron chi connectivity index (χ0n) is 32.4. The fourth-order valence-electron chi connectivity index (χ4n) is 6.89. The van der Waals surface area contributed by atoms with Gasteiger partial charge in [0.1, 0.15) is 28.5 Å². The molecule has 0 unspecified atom stereocenters. The average molecular weight is 786 g/mol. The van der Waals surface area contributed by atoms with E-state index in [1.54, 1.807) is 23.1 Å². The van der Waals surface area contributed by atoms with Crippen LogP contribution in [0.3, 0.4) is 0 Å². The number of nitrogens with one attached hydrogen (secondary N) is 2. The summed E-state index contributed by atoms with van der Waals surface area (Å²) in [6.45, 7) is 13.5. The molecule has 4 heterocycles. The van der Waals surface area contributed by atoms with E-state index in [1.807, 2.05) is 27.7 Å². The molecule has 2 aliphatic rings. The van der Waals surface area contributed by atoms with E-state index in [0.717, 1.165) is 45.3 Å². The molecule has 2 aliphatic heterocycles.